The fourth-order valence-electron chi connectivity index (χ4n) is 2.46. The highest BCUT2D eigenvalue weighted by atomic mass is 19.1. The molecule has 0 unspecified atom stereocenters. The van der Waals surface area contributed by atoms with Gasteiger partial charge in [-0.2, -0.15) is 0 Å². The monoisotopic (exact) mass is 319 g/mol. The van der Waals surface area contributed by atoms with Crippen LogP contribution in [-0.4, -0.2) is 25.1 Å². The Morgan fingerprint density at radius 3 is 2.43 bits per heavy atom. The van der Waals surface area contributed by atoms with Crippen molar-refractivity contribution < 1.29 is 23.6 Å². The third kappa shape index (κ3) is 2.85. The Morgan fingerprint density at radius 2 is 1.91 bits per heavy atom. The molecule has 0 aliphatic rings. The first-order chi connectivity index (χ1) is 10.9. The molecule has 0 N–H and O–H groups in total. The van der Waals surface area contributed by atoms with Gasteiger partial charge in [0, 0.05) is 22.8 Å². The van der Waals surface area contributed by atoms with Crippen molar-refractivity contribution in [3.63, 3.8) is 0 Å². The molecular formula is C16H14FNO5. The lowest BCUT2D eigenvalue weighted by Gasteiger charge is -2.15. The minimum absolute atomic E-state index is 0.0269. The number of carbonyl (C=O) groups excluding carboxylic acids is 1. The molecule has 2 aromatic rings. The van der Waals surface area contributed by atoms with E-state index in [-0.39, 0.29) is 33.7 Å². The zero-order chi connectivity index (χ0) is 17.1. The molecule has 0 saturated heterocycles. The minimum Gasteiger partial charge on any atom is -0.490 e. The van der Waals surface area contributed by atoms with E-state index in [4.69, 9.17) is 4.74 Å². The maximum atomic E-state index is 14.2. The van der Waals surface area contributed by atoms with Gasteiger partial charge >= 0.3 is 11.7 Å². The van der Waals surface area contributed by atoms with Crippen molar-refractivity contribution in [1.82, 2.24) is 0 Å². The van der Waals surface area contributed by atoms with Gasteiger partial charge in [-0.05, 0) is 13.0 Å². The number of hydrogen-bond acceptors (Lipinski definition) is 5. The molecule has 0 heterocycles. The molecule has 23 heavy (non-hydrogen) atoms. The summed E-state index contributed by atoms with van der Waals surface area (Å²) in [5.41, 5.74) is 0.149. The number of hydrogen-bond donors (Lipinski definition) is 0. The van der Waals surface area contributed by atoms with Gasteiger partial charge in [0.25, 0.3) is 0 Å². The summed E-state index contributed by atoms with van der Waals surface area (Å²) in [4.78, 5) is 22.6. The Bertz CT molecular complexity index is 788. The zero-order valence-corrected chi connectivity index (χ0v) is 12.8. The van der Waals surface area contributed by atoms with Crippen LogP contribution in [0, 0.1) is 22.9 Å². The van der Waals surface area contributed by atoms with Crippen LogP contribution in [0.15, 0.2) is 30.3 Å². The lowest BCUT2D eigenvalue weighted by molar-refractivity contribution is -0.385. The van der Waals surface area contributed by atoms with Crippen LogP contribution < -0.4 is 4.74 Å². The summed E-state index contributed by atoms with van der Waals surface area (Å²) in [5, 5.41) is 11.2. The average Bonchev–Trinajstić information content (AvgIpc) is 2.54. The van der Waals surface area contributed by atoms with Crippen molar-refractivity contribution >= 4 is 11.7 Å². The van der Waals surface area contributed by atoms with E-state index in [2.05, 4.69) is 4.74 Å². The van der Waals surface area contributed by atoms with Gasteiger partial charge in [-0.1, -0.05) is 18.2 Å². The molecule has 0 bridgehead atoms. The Kier molecular flexibility index (Phi) is 4.59. The zero-order valence-electron chi connectivity index (χ0n) is 12.8. The van der Waals surface area contributed by atoms with Crippen LogP contribution in [0.5, 0.6) is 5.75 Å². The Morgan fingerprint density at radius 1 is 1.26 bits per heavy atom. The third-order valence-corrected chi connectivity index (χ3v) is 3.45. The third-order valence-electron chi connectivity index (χ3n) is 3.45. The lowest BCUT2D eigenvalue weighted by Crippen LogP contribution is -2.08. The number of nitro groups is 1. The summed E-state index contributed by atoms with van der Waals surface area (Å²) in [5.74, 6) is -1.38. The second-order valence-corrected chi connectivity index (χ2v) is 4.71. The van der Waals surface area contributed by atoms with E-state index >= 15 is 0 Å². The van der Waals surface area contributed by atoms with E-state index in [1.807, 2.05) is 0 Å². The van der Waals surface area contributed by atoms with Crippen LogP contribution in [0.1, 0.15) is 15.9 Å². The number of nitro benzene ring substituents is 1. The van der Waals surface area contributed by atoms with Crippen molar-refractivity contribution in [2.75, 3.05) is 14.2 Å². The first kappa shape index (κ1) is 16.4. The molecule has 0 radical (unpaired) electrons. The molecule has 0 aromatic heterocycles. The van der Waals surface area contributed by atoms with Crippen molar-refractivity contribution in [2.24, 2.45) is 0 Å². The highest BCUT2D eigenvalue weighted by Crippen LogP contribution is 2.41. The smallest absolute Gasteiger partial charge is 0.338 e. The van der Waals surface area contributed by atoms with Crippen LogP contribution >= 0.6 is 0 Å². The number of ether oxygens (including phenoxy) is 2. The number of halogens is 1. The van der Waals surface area contributed by atoms with Crippen LogP contribution in [0.3, 0.4) is 0 Å². The van der Waals surface area contributed by atoms with E-state index in [1.165, 1.54) is 32.2 Å². The highest BCUT2D eigenvalue weighted by molar-refractivity contribution is 6.00. The topological polar surface area (TPSA) is 78.7 Å². The van der Waals surface area contributed by atoms with Crippen molar-refractivity contribution in [3.8, 4) is 16.9 Å². The number of rotatable bonds is 4. The van der Waals surface area contributed by atoms with Gasteiger partial charge in [-0.25, -0.2) is 9.18 Å². The van der Waals surface area contributed by atoms with Crippen molar-refractivity contribution in [2.45, 2.75) is 6.92 Å². The Labute approximate surface area is 131 Å². The SMILES string of the molecule is COC(=O)c1cc([N+](=O)[O-])c(OC)c(C)c1-c1ccccc1F. The predicted octanol–water partition coefficient (Wildman–Crippen LogP) is 3.50. The molecule has 0 amide bonds. The van der Waals surface area contributed by atoms with Crippen LogP contribution in [0.2, 0.25) is 0 Å². The second kappa shape index (κ2) is 6.43. The molecule has 0 spiro atoms. The largest absolute Gasteiger partial charge is 0.490 e. The molecule has 0 saturated carbocycles. The maximum Gasteiger partial charge on any atom is 0.338 e. The summed E-state index contributed by atoms with van der Waals surface area (Å²) in [6.07, 6.45) is 0. The fourth-order valence-corrected chi connectivity index (χ4v) is 2.46. The van der Waals surface area contributed by atoms with Gasteiger partial charge in [0.2, 0.25) is 0 Å². The van der Waals surface area contributed by atoms with E-state index < -0.39 is 16.7 Å². The van der Waals surface area contributed by atoms with E-state index in [0.29, 0.717) is 0 Å². The molecule has 7 heteroatoms. The summed E-state index contributed by atoms with van der Waals surface area (Å²) >= 11 is 0. The van der Waals surface area contributed by atoms with Gasteiger partial charge in [0.1, 0.15) is 5.82 Å². The summed E-state index contributed by atoms with van der Waals surface area (Å²) in [6.45, 7) is 1.53. The molecule has 0 fully saturated rings. The summed E-state index contributed by atoms with van der Waals surface area (Å²) in [7, 11) is 2.43. The van der Waals surface area contributed by atoms with E-state index in [1.54, 1.807) is 6.07 Å². The van der Waals surface area contributed by atoms with Gasteiger partial charge in [-0.15, -0.1) is 0 Å². The number of nitrogens with zero attached hydrogens (tertiary/aromatic N) is 1. The number of esters is 1. The lowest BCUT2D eigenvalue weighted by atomic mass is 9.93. The highest BCUT2D eigenvalue weighted by Gasteiger charge is 2.28. The Balaban J connectivity index is 2.91. The second-order valence-electron chi connectivity index (χ2n) is 4.71. The van der Waals surface area contributed by atoms with Gasteiger partial charge in [0.15, 0.2) is 5.75 Å². The van der Waals surface area contributed by atoms with Crippen molar-refractivity contribution in [1.29, 1.82) is 0 Å². The molecule has 6 nitrogen and oxygen atoms in total. The van der Waals surface area contributed by atoms with Crippen LogP contribution in [-0.2, 0) is 4.74 Å². The number of methoxy groups -OCH3 is 2. The first-order valence-corrected chi connectivity index (χ1v) is 6.61. The normalized spacial score (nSPS) is 10.3. The van der Waals surface area contributed by atoms with Crippen LogP contribution in [0.25, 0.3) is 11.1 Å². The first-order valence-electron chi connectivity index (χ1n) is 6.61. The van der Waals surface area contributed by atoms with Gasteiger partial charge in [0.05, 0.1) is 24.7 Å². The summed E-state index contributed by atoms with van der Waals surface area (Å²) in [6, 6.07) is 6.87. The van der Waals surface area contributed by atoms with Gasteiger partial charge in [-0.3, -0.25) is 10.1 Å². The predicted molar refractivity (Wildman–Crippen MR) is 81.1 cm³/mol. The van der Waals surface area contributed by atoms with E-state index in [9.17, 15) is 19.3 Å². The summed E-state index contributed by atoms with van der Waals surface area (Å²) < 4.78 is 23.9. The minimum atomic E-state index is -0.794. The standard InChI is InChI=1S/C16H14FNO5/c1-9-14(10-6-4-5-7-12(10)17)11(16(19)23-3)8-13(18(20)21)15(9)22-2/h4-8H,1-3H3. The molecular weight excluding hydrogens is 305 g/mol. The van der Waals surface area contributed by atoms with Crippen LogP contribution in [0.4, 0.5) is 10.1 Å². The molecule has 0 aliphatic heterocycles. The van der Waals surface area contributed by atoms with E-state index in [0.717, 1.165) is 13.2 Å². The quantitative estimate of drug-likeness (QED) is 0.489. The number of carbonyl (C=O) groups is 1. The maximum absolute atomic E-state index is 14.2. The molecule has 0 aliphatic carbocycles. The average molecular weight is 319 g/mol. The number of benzene rings is 2. The van der Waals surface area contributed by atoms with Gasteiger partial charge < -0.3 is 9.47 Å². The fraction of sp³-hybridized carbons (Fsp3) is 0.188. The molecule has 0 atom stereocenters. The molecule has 2 rings (SSSR count). The molecule has 2 aromatic carbocycles. The van der Waals surface area contributed by atoms with Crippen molar-refractivity contribution in [3.05, 3.63) is 57.4 Å². The molecule has 120 valence electrons. The Hall–Kier alpha value is -2.96.